The standard InChI is InChI=1S/C12H13BrFN3O/c13-9-6-10(14)8-11(7-9)18-5-1-3-17-4-2-12(15)16-17/h2,4,6-8H,1,3,5H2,(H2,15,16). The first-order chi connectivity index (χ1) is 8.63. The quantitative estimate of drug-likeness (QED) is 0.864. The molecule has 18 heavy (non-hydrogen) atoms. The maximum atomic E-state index is 13.1. The molecule has 0 atom stereocenters. The molecule has 1 heterocycles. The fourth-order valence-corrected chi connectivity index (χ4v) is 1.97. The van der Waals surface area contributed by atoms with Crippen LogP contribution in [0.2, 0.25) is 0 Å². The molecule has 0 saturated carbocycles. The van der Waals surface area contributed by atoms with Gasteiger partial charge in [-0.3, -0.25) is 4.68 Å². The summed E-state index contributed by atoms with van der Waals surface area (Å²) in [5.41, 5.74) is 5.50. The number of hydrogen-bond acceptors (Lipinski definition) is 3. The van der Waals surface area contributed by atoms with E-state index in [0.717, 1.165) is 6.42 Å². The van der Waals surface area contributed by atoms with E-state index in [1.165, 1.54) is 12.1 Å². The number of aryl methyl sites for hydroxylation is 1. The number of nitrogens with zero attached hydrogens (tertiary/aromatic N) is 2. The van der Waals surface area contributed by atoms with Gasteiger partial charge in [-0.1, -0.05) is 15.9 Å². The van der Waals surface area contributed by atoms with E-state index in [1.54, 1.807) is 16.8 Å². The SMILES string of the molecule is Nc1ccn(CCCOc2cc(F)cc(Br)c2)n1. The monoisotopic (exact) mass is 313 g/mol. The van der Waals surface area contributed by atoms with Crippen molar-refractivity contribution in [3.63, 3.8) is 0 Å². The molecule has 0 spiro atoms. The summed E-state index contributed by atoms with van der Waals surface area (Å²) < 4.78 is 20.9. The smallest absolute Gasteiger partial charge is 0.145 e. The van der Waals surface area contributed by atoms with E-state index in [9.17, 15) is 4.39 Å². The lowest BCUT2D eigenvalue weighted by molar-refractivity contribution is 0.297. The zero-order chi connectivity index (χ0) is 13.0. The van der Waals surface area contributed by atoms with Crippen molar-refractivity contribution in [3.8, 4) is 5.75 Å². The number of nitrogens with two attached hydrogens (primary N) is 1. The molecule has 96 valence electrons. The van der Waals surface area contributed by atoms with Gasteiger partial charge in [-0.15, -0.1) is 0 Å². The van der Waals surface area contributed by atoms with Gasteiger partial charge in [-0.25, -0.2) is 4.39 Å². The molecule has 0 aliphatic heterocycles. The van der Waals surface area contributed by atoms with Crippen LogP contribution >= 0.6 is 15.9 Å². The van der Waals surface area contributed by atoms with Crippen molar-refractivity contribution in [1.82, 2.24) is 9.78 Å². The number of nitrogen functional groups attached to an aromatic ring is 1. The lowest BCUT2D eigenvalue weighted by Gasteiger charge is -2.07. The molecule has 1 aromatic heterocycles. The minimum atomic E-state index is -0.320. The second-order valence-electron chi connectivity index (χ2n) is 3.81. The number of hydrogen-bond donors (Lipinski definition) is 1. The van der Waals surface area contributed by atoms with Gasteiger partial charge >= 0.3 is 0 Å². The van der Waals surface area contributed by atoms with E-state index < -0.39 is 0 Å². The predicted molar refractivity (Wildman–Crippen MR) is 70.9 cm³/mol. The van der Waals surface area contributed by atoms with Crippen LogP contribution in [-0.4, -0.2) is 16.4 Å². The van der Waals surface area contributed by atoms with E-state index in [0.29, 0.717) is 29.2 Å². The maximum Gasteiger partial charge on any atom is 0.145 e. The molecule has 0 bridgehead atoms. The molecule has 6 heteroatoms. The van der Waals surface area contributed by atoms with Crippen molar-refractivity contribution >= 4 is 21.7 Å². The van der Waals surface area contributed by atoms with Crippen LogP contribution in [0, 0.1) is 5.82 Å². The number of halogens is 2. The average molecular weight is 314 g/mol. The van der Waals surface area contributed by atoms with Crippen molar-refractivity contribution in [2.75, 3.05) is 12.3 Å². The first kappa shape index (κ1) is 12.9. The highest BCUT2D eigenvalue weighted by Crippen LogP contribution is 2.20. The molecule has 0 aliphatic carbocycles. The summed E-state index contributed by atoms with van der Waals surface area (Å²) in [5.74, 6) is 0.700. The Bertz CT molecular complexity index is 510. The number of ether oxygens (including phenoxy) is 1. The molecule has 0 fully saturated rings. The van der Waals surface area contributed by atoms with Crippen molar-refractivity contribution in [3.05, 3.63) is 40.8 Å². The highest BCUT2D eigenvalue weighted by atomic mass is 79.9. The maximum absolute atomic E-state index is 13.1. The highest BCUT2D eigenvalue weighted by Gasteiger charge is 2.00. The second-order valence-corrected chi connectivity index (χ2v) is 4.73. The molecule has 2 rings (SSSR count). The normalized spacial score (nSPS) is 10.6. The minimum absolute atomic E-state index is 0.320. The van der Waals surface area contributed by atoms with Gasteiger partial charge in [-0.05, 0) is 18.2 Å². The fraction of sp³-hybridized carbons (Fsp3) is 0.250. The summed E-state index contributed by atoms with van der Waals surface area (Å²) in [6, 6.07) is 6.22. The molecule has 0 aliphatic rings. The Morgan fingerprint density at radius 2 is 2.22 bits per heavy atom. The van der Waals surface area contributed by atoms with E-state index >= 15 is 0 Å². The van der Waals surface area contributed by atoms with E-state index in [1.807, 2.05) is 6.20 Å². The molecular formula is C12H13BrFN3O. The van der Waals surface area contributed by atoms with Gasteiger partial charge in [0.15, 0.2) is 0 Å². The highest BCUT2D eigenvalue weighted by molar-refractivity contribution is 9.10. The molecular weight excluding hydrogens is 301 g/mol. The third kappa shape index (κ3) is 3.73. The Hall–Kier alpha value is -1.56. The molecule has 4 nitrogen and oxygen atoms in total. The van der Waals surface area contributed by atoms with Gasteiger partial charge in [0.05, 0.1) is 6.61 Å². The van der Waals surface area contributed by atoms with E-state index in [4.69, 9.17) is 10.5 Å². The van der Waals surface area contributed by atoms with Gasteiger partial charge in [0.2, 0.25) is 0 Å². The van der Waals surface area contributed by atoms with Gasteiger partial charge in [0.1, 0.15) is 17.4 Å². The van der Waals surface area contributed by atoms with Crippen LogP contribution in [0.1, 0.15) is 6.42 Å². The molecule has 0 radical (unpaired) electrons. The first-order valence-electron chi connectivity index (χ1n) is 5.51. The Balaban J connectivity index is 1.78. The summed E-state index contributed by atoms with van der Waals surface area (Å²) in [7, 11) is 0. The van der Waals surface area contributed by atoms with Crippen LogP contribution in [0.25, 0.3) is 0 Å². The lowest BCUT2D eigenvalue weighted by atomic mass is 10.3. The molecule has 0 saturated heterocycles. The van der Waals surface area contributed by atoms with Crippen molar-refractivity contribution in [1.29, 1.82) is 0 Å². The van der Waals surface area contributed by atoms with E-state index in [-0.39, 0.29) is 5.82 Å². The fourth-order valence-electron chi connectivity index (χ4n) is 1.53. The summed E-state index contributed by atoms with van der Waals surface area (Å²) in [5, 5.41) is 4.05. The average Bonchev–Trinajstić information content (AvgIpc) is 2.69. The van der Waals surface area contributed by atoms with Crippen LogP contribution in [-0.2, 0) is 6.54 Å². The Morgan fingerprint density at radius 3 is 2.89 bits per heavy atom. The largest absolute Gasteiger partial charge is 0.493 e. The van der Waals surface area contributed by atoms with Gasteiger partial charge in [-0.2, -0.15) is 5.10 Å². The van der Waals surface area contributed by atoms with Crippen LogP contribution < -0.4 is 10.5 Å². The summed E-state index contributed by atoms with van der Waals surface area (Å²) in [6.45, 7) is 1.21. The van der Waals surface area contributed by atoms with Gasteiger partial charge in [0, 0.05) is 29.7 Å². The zero-order valence-corrected chi connectivity index (χ0v) is 11.2. The number of aromatic nitrogens is 2. The van der Waals surface area contributed by atoms with Crippen LogP contribution in [0.5, 0.6) is 5.75 Å². The lowest BCUT2D eigenvalue weighted by Crippen LogP contribution is -2.05. The predicted octanol–water partition coefficient (Wildman–Crippen LogP) is 2.84. The third-order valence-corrected chi connectivity index (χ3v) is 2.76. The summed E-state index contributed by atoms with van der Waals surface area (Å²) in [6.07, 6.45) is 2.59. The molecule has 1 aromatic carbocycles. The topological polar surface area (TPSA) is 53.1 Å². The van der Waals surface area contributed by atoms with Gasteiger partial charge in [0.25, 0.3) is 0 Å². The third-order valence-electron chi connectivity index (χ3n) is 2.30. The zero-order valence-electron chi connectivity index (χ0n) is 9.64. The molecule has 2 N–H and O–H groups in total. The van der Waals surface area contributed by atoms with Crippen LogP contribution in [0.4, 0.5) is 10.2 Å². The number of rotatable bonds is 5. The first-order valence-corrected chi connectivity index (χ1v) is 6.30. The second kappa shape index (κ2) is 5.86. The van der Waals surface area contributed by atoms with Crippen molar-refractivity contribution in [2.24, 2.45) is 0 Å². The minimum Gasteiger partial charge on any atom is -0.493 e. The summed E-state index contributed by atoms with van der Waals surface area (Å²) >= 11 is 3.21. The Kier molecular flexibility index (Phi) is 4.19. The molecule has 0 amide bonds. The number of anilines is 1. The Morgan fingerprint density at radius 1 is 1.39 bits per heavy atom. The van der Waals surface area contributed by atoms with Crippen LogP contribution in [0.15, 0.2) is 34.9 Å². The van der Waals surface area contributed by atoms with Gasteiger partial charge < -0.3 is 10.5 Å². The molecule has 0 unspecified atom stereocenters. The Labute approximate surface area is 113 Å². The number of benzene rings is 1. The van der Waals surface area contributed by atoms with Crippen molar-refractivity contribution in [2.45, 2.75) is 13.0 Å². The molecule has 2 aromatic rings. The summed E-state index contributed by atoms with van der Waals surface area (Å²) in [4.78, 5) is 0. The van der Waals surface area contributed by atoms with Crippen molar-refractivity contribution < 1.29 is 9.13 Å². The van der Waals surface area contributed by atoms with E-state index in [2.05, 4.69) is 21.0 Å². The van der Waals surface area contributed by atoms with Crippen LogP contribution in [0.3, 0.4) is 0 Å².